The van der Waals surface area contributed by atoms with Gasteiger partial charge in [0.1, 0.15) is 11.5 Å². The zero-order valence-corrected chi connectivity index (χ0v) is 26.5. The molecule has 230 valence electrons. The molecule has 1 unspecified atom stereocenters. The van der Waals surface area contributed by atoms with E-state index in [1.54, 1.807) is 23.0 Å². The summed E-state index contributed by atoms with van der Waals surface area (Å²) in [7, 11) is 3.91. The lowest BCUT2D eigenvalue weighted by atomic mass is 9.86. The highest BCUT2D eigenvalue weighted by Crippen LogP contribution is 2.40. The fraction of sp³-hybridized carbons (Fsp3) is 0.457. The van der Waals surface area contributed by atoms with Crippen LogP contribution in [0.2, 0.25) is 0 Å². The molecule has 0 spiro atoms. The van der Waals surface area contributed by atoms with Gasteiger partial charge in [0.15, 0.2) is 0 Å². The Morgan fingerprint density at radius 1 is 1.05 bits per heavy atom. The Balaban J connectivity index is 1.16. The van der Waals surface area contributed by atoms with Crippen molar-refractivity contribution in [1.29, 1.82) is 0 Å². The van der Waals surface area contributed by atoms with Crippen LogP contribution in [0, 0.1) is 0 Å². The topological polar surface area (TPSA) is 90.7 Å². The van der Waals surface area contributed by atoms with Gasteiger partial charge in [-0.25, -0.2) is 4.98 Å². The van der Waals surface area contributed by atoms with Gasteiger partial charge in [-0.1, -0.05) is 18.2 Å². The number of carbonyl (C=O) groups is 1. The van der Waals surface area contributed by atoms with Crippen LogP contribution in [0.4, 0.5) is 11.5 Å². The number of thiophene rings is 1. The Morgan fingerprint density at radius 2 is 1.86 bits per heavy atom. The van der Waals surface area contributed by atoms with Gasteiger partial charge in [-0.3, -0.25) is 9.59 Å². The highest BCUT2D eigenvalue weighted by atomic mass is 32.1. The minimum atomic E-state index is -0.220. The number of amides is 1. The molecule has 1 amide bonds. The third-order valence-electron chi connectivity index (χ3n) is 10.0. The molecule has 9 heteroatoms. The van der Waals surface area contributed by atoms with Gasteiger partial charge >= 0.3 is 0 Å². The van der Waals surface area contributed by atoms with Crippen molar-refractivity contribution in [1.82, 2.24) is 19.4 Å². The van der Waals surface area contributed by atoms with Gasteiger partial charge in [0.2, 0.25) is 0 Å². The molecule has 5 heterocycles. The molecular formula is C35H41N5O3S. The zero-order valence-electron chi connectivity index (χ0n) is 25.6. The Morgan fingerprint density at radius 3 is 2.64 bits per heavy atom. The van der Waals surface area contributed by atoms with E-state index in [1.807, 2.05) is 35.5 Å². The number of rotatable bonds is 6. The second-order valence-electron chi connectivity index (χ2n) is 12.8. The average Bonchev–Trinajstić information content (AvgIpc) is 3.43. The van der Waals surface area contributed by atoms with E-state index in [2.05, 4.69) is 34.4 Å². The quantitative estimate of drug-likeness (QED) is 0.406. The third kappa shape index (κ3) is 5.35. The smallest absolute Gasteiger partial charge is 0.274 e. The number of hydrogen-bond acceptors (Lipinski definition) is 7. The lowest BCUT2D eigenvalue weighted by Gasteiger charge is -2.37. The number of piperidine rings is 1. The molecule has 4 aliphatic rings. The van der Waals surface area contributed by atoms with Gasteiger partial charge in [0.25, 0.3) is 11.5 Å². The molecule has 1 saturated heterocycles. The number of aryl methyl sites for hydroxylation is 2. The first-order chi connectivity index (χ1) is 21.4. The van der Waals surface area contributed by atoms with Crippen molar-refractivity contribution in [2.45, 2.75) is 63.3 Å². The van der Waals surface area contributed by atoms with Crippen LogP contribution >= 0.6 is 11.3 Å². The highest BCUT2D eigenvalue weighted by Gasteiger charge is 2.37. The normalized spacial score (nSPS) is 21.0. The summed E-state index contributed by atoms with van der Waals surface area (Å²) in [6.45, 7) is 2.69. The minimum absolute atomic E-state index is 0.0915. The van der Waals surface area contributed by atoms with Crippen LogP contribution in [0.1, 0.15) is 74.8 Å². The monoisotopic (exact) mass is 611 g/mol. The lowest BCUT2D eigenvalue weighted by molar-refractivity contribution is 0.0686. The number of anilines is 2. The van der Waals surface area contributed by atoms with Crippen LogP contribution in [0.3, 0.4) is 0 Å². The number of carbonyl (C=O) groups excluding carboxylic acids is 1. The molecule has 8 nitrogen and oxygen atoms in total. The summed E-state index contributed by atoms with van der Waals surface area (Å²) < 4.78 is 1.57. The lowest BCUT2D eigenvalue weighted by Crippen LogP contribution is -2.46. The standard InChI is InChI=1S/C35H41N5O3S/c1-38-15-12-22(13-16-38)23-10-11-32(36-19-23)37-29-18-24(20-39(2)34(29)42)25-7-5-8-30(28(25)21-41)40-17-14-27-26-6-3-4-9-31(26)44-33(27)35(40)43/h5,7,10-11,18-20,22,30,41H,3-4,6,8-9,12-17,21H2,1-2H3,(H,36,37). The first kappa shape index (κ1) is 29.2. The van der Waals surface area contributed by atoms with Crippen LogP contribution in [-0.2, 0) is 26.3 Å². The van der Waals surface area contributed by atoms with Gasteiger partial charge in [-0.15, -0.1) is 11.3 Å². The SMILES string of the molecule is CN1CCC(c2ccc(Nc3cc(C4=C(CO)C(N5CCc6c(sc7c6CCCC7)C5=O)CC=C4)cn(C)c3=O)nc2)CC1. The minimum Gasteiger partial charge on any atom is -0.392 e. The average molecular weight is 612 g/mol. The summed E-state index contributed by atoms with van der Waals surface area (Å²) in [5, 5.41) is 13.9. The summed E-state index contributed by atoms with van der Waals surface area (Å²) in [5.74, 6) is 1.23. The summed E-state index contributed by atoms with van der Waals surface area (Å²) in [6, 6.07) is 5.69. The number of aliphatic hydroxyl groups excluding tert-OH is 1. The van der Waals surface area contributed by atoms with Crippen molar-refractivity contribution in [2.24, 2.45) is 7.05 Å². The van der Waals surface area contributed by atoms with E-state index in [4.69, 9.17) is 0 Å². The molecule has 7 rings (SSSR count). The van der Waals surface area contributed by atoms with E-state index in [-0.39, 0.29) is 24.1 Å². The molecule has 0 aromatic carbocycles. The van der Waals surface area contributed by atoms with Gasteiger partial charge in [0, 0.05) is 36.4 Å². The number of hydrogen-bond donors (Lipinski definition) is 2. The summed E-state index contributed by atoms with van der Waals surface area (Å²) in [5.41, 5.74) is 6.71. The highest BCUT2D eigenvalue weighted by molar-refractivity contribution is 7.14. The molecule has 2 N–H and O–H groups in total. The molecule has 2 aliphatic heterocycles. The van der Waals surface area contributed by atoms with E-state index >= 15 is 0 Å². The van der Waals surface area contributed by atoms with Crippen molar-refractivity contribution in [3.05, 3.63) is 90.7 Å². The maximum absolute atomic E-state index is 13.9. The molecule has 1 fully saturated rings. The number of nitrogens with one attached hydrogen (secondary N) is 1. The number of fused-ring (bicyclic) bond motifs is 3. The molecule has 0 radical (unpaired) electrons. The fourth-order valence-electron chi connectivity index (χ4n) is 7.51. The number of aliphatic hydroxyl groups is 1. The molecule has 3 aromatic heterocycles. The van der Waals surface area contributed by atoms with Crippen LogP contribution in [0.15, 0.2) is 53.1 Å². The Kier molecular flexibility index (Phi) is 8.03. The van der Waals surface area contributed by atoms with E-state index in [0.29, 0.717) is 30.4 Å². The number of nitrogens with zero attached hydrogens (tertiary/aromatic N) is 4. The number of allylic oxidation sites excluding steroid dienone is 2. The van der Waals surface area contributed by atoms with E-state index in [0.717, 1.165) is 66.8 Å². The Bertz CT molecular complexity index is 1690. The molecule has 2 aliphatic carbocycles. The fourth-order valence-corrected chi connectivity index (χ4v) is 8.90. The summed E-state index contributed by atoms with van der Waals surface area (Å²) in [6.07, 6.45) is 16.2. The largest absolute Gasteiger partial charge is 0.392 e. The molecule has 3 aromatic rings. The van der Waals surface area contributed by atoms with Crippen LogP contribution in [0.5, 0.6) is 0 Å². The van der Waals surface area contributed by atoms with E-state index in [1.165, 1.54) is 34.4 Å². The summed E-state index contributed by atoms with van der Waals surface area (Å²) in [4.78, 5) is 38.4. The second kappa shape index (κ2) is 12.1. The van der Waals surface area contributed by atoms with Crippen molar-refractivity contribution in [3.8, 4) is 0 Å². The van der Waals surface area contributed by atoms with Gasteiger partial charge < -0.3 is 24.8 Å². The van der Waals surface area contributed by atoms with Crippen molar-refractivity contribution in [2.75, 3.05) is 38.6 Å². The molecular weight excluding hydrogens is 570 g/mol. The number of pyridine rings is 2. The van der Waals surface area contributed by atoms with Crippen LogP contribution in [0.25, 0.3) is 5.57 Å². The van der Waals surface area contributed by atoms with Gasteiger partial charge in [0.05, 0.1) is 17.5 Å². The number of likely N-dealkylation sites (tertiary alicyclic amines) is 1. The third-order valence-corrected chi connectivity index (χ3v) is 11.3. The maximum atomic E-state index is 13.9. The van der Waals surface area contributed by atoms with Crippen LogP contribution < -0.4 is 10.9 Å². The summed E-state index contributed by atoms with van der Waals surface area (Å²) >= 11 is 1.69. The van der Waals surface area contributed by atoms with Crippen molar-refractivity contribution >= 4 is 34.3 Å². The second-order valence-corrected chi connectivity index (χ2v) is 13.9. The maximum Gasteiger partial charge on any atom is 0.274 e. The predicted molar refractivity (Wildman–Crippen MR) is 176 cm³/mol. The van der Waals surface area contributed by atoms with E-state index in [9.17, 15) is 14.7 Å². The van der Waals surface area contributed by atoms with Gasteiger partial charge in [-0.05, 0) is 117 Å². The molecule has 0 saturated carbocycles. The predicted octanol–water partition coefficient (Wildman–Crippen LogP) is 5.05. The Labute approximate surface area is 262 Å². The Hall–Kier alpha value is -3.53. The van der Waals surface area contributed by atoms with Crippen LogP contribution in [-0.4, -0.2) is 69.7 Å². The first-order valence-electron chi connectivity index (χ1n) is 16.0. The number of aromatic nitrogens is 2. The van der Waals surface area contributed by atoms with E-state index < -0.39 is 0 Å². The van der Waals surface area contributed by atoms with Crippen molar-refractivity contribution < 1.29 is 9.90 Å². The van der Waals surface area contributed by atoms with Gasteiger partial charge in [-0.2, -0.15) is 0 Å². The van der Waals surface area contributed by atoms with Crippen molar-refractivity contribution in [3.63, 3.8) is 0 Å². The molecule has 1 atom stereocenters. The molecule has 0 bridgehead atoms. The molecule has 44 heavy (non-hydrogen) atoms. The first-order valence-corrected chi connectivity index (χ1v) is 16.8. The zero-order chi connectivity index (χ0) is 30.4.